The smallest absolute Gasteiger partial charge is 0.271 e. The summed E-state index contributed by atoms with van der Waals surface area (Å²) in [5.74, 6) is 0.272. The fraction of sp³-hybridized carbons (Fsp3) is 0.235. The molecule has 130 valence electrons. The van der Waals surface area contributed by atoms with Crippen molar-refractivity contribution in [1.82, 2.24) is 4.90 Å². The topological polar surface area (TPSA) is 81.9 Å². The van der Waals surface area contributed by atoms with Crippen LogP contribution >= 0.6 is 12.2 Å². The molecule has 8 heteroatoms. The van der Waals surface area contributed by atoms with Gasteiger partial charge >= 0.3 is 0 Å². The van der Waals surface area contributed by atoms with Gasteiger partial charge in [-0.25, -0.2) is 0 Å². The van der Waals surface area contributed by atoms with Gasteiger partial charge in [-0.1, -0.05) is 18.2 Å². The van der Waals surface area contributed by atoms with Gasteiger partial charge in [-0.3, -0.25) is 10.1 Å². The molecule has 0 radical (unpaired) electrons. The number of piperazine rings is 1. The molecule has 1 aliphatic rings. The Kier molecular flexibility index (Phi) is 4.99. The van der Waals surface area contributed by atoms with Crippen molar-refractivity contribution in [2.24, 2.45) is 0 Å². The van der Waals surface area contributed by atoms with Crippen LogP contribution in [0, 0.1) is 10.1 Å². The number of nitro groups is 1. The summed E-state index contributed by atoms with van der Waals surface area (Å²) in [6.45, 7) is 2.87. The molecular formula is C17H18N4O3S. The first kappa shape index (κ1) is 17.0. The number of benzene rings is 2. The minimum absolute atomic E-state index is 0.0252. The molecule has 2 aromatic rings. The number of phenols is 1. The number of hydrogen-bond acceptors (Lipinski definition) is 5. The fourth-order valence-electron chi connectivity index (χ4n) is 2.78. The molecule has 1 saturated heterocycles. The molecule has 0 bridgehead atoms. The second kappa shape index (κ2) is 7.35. The third-order valence-corrected chi connectivity index (χ3v) is 4.46. The third-order valence-electron chi connectivity index (χ3n) is 4.10. The number of anilines is 2. The third kappa shape index (κ3) is 3.97. The first-order valence-electron chi connectivity index (χ1n) is 7.88. The Morgan fingerprint density at radius 2 is 1.84 bits per heavy atom. The van der Waals surface area contributed by atoms with Gasteiger partial charge in [-0.2, -0.15) is 0 Å². The molecular weight excluding hydrogens is 340 g/mol. The lowest BCUT2D eigenvalue weighted by molar-refractivity contribution is -0.384. The molecule has 1 aliphatic heterocycles. The molecule has 0 spiro atoms. The Balaban J connectivity index is 1.59. The zero-order valence-corrected chi connectivity index (χ0v) is 14.3. The molecule has 2 aromatic carbocycles. The van der Waals surface area contributed by atoms with Gasteiger partial charge in [0.25, 0.3) is 5.69 Å². The molecule has 1 heterocycles. The van der Waals surface area contributed by atoms with Gasteiger partial charge in [0.1, 0.15) is 5.75 Å². The van der Waals surface area contributed by atoms with Crippen molar-refractivity contribution in [3.63, 3.8) is 0 Å². The zero-order chi connectivity index (χ0) is 17.8. The number of nitro benzene ring substituents is 1. The monoisotopic (exact) mass is 358 g/mol. The van der Waals surface area contributed by atoms with E-state index in [-0.39, 0.29) is 11.4 Å². The minimum atomic E-state index is -0.431. The largest absolute Gasteiger partial charge is 0.506 e. The van der Waals surface area contributed by atoms with Crippen molar-refractivity contribution >= 4 is 34.4 Å². The summed E-state index contributed by atoms with van der Waals surface area (Å²) in [6, 6.07) is 13.5. The highest BCUT2D eigenvalue weighted by atomic mass is 32.1. The van der Waals surface area contributed by atoms with E-state index >= 15 is 0 Å². The Morgan fingerprint density at radius 3 is 2.52 bits per heavy atom. The van der Waals surface area contributed by atoms with Crippen molar-refractivity contribution in [3.8, 4) is 5.75 Å². The summed E-state index contributed by atoms with van der Waals surface area (Å²) >= 11 is 5.42. The molecule has 1 fully saturated rings. The lowest BCUT2D eigenvalue weighted by atomic mass is 10.2. The van der Waals surface area contributed by atoms with Crippen LogP contribution in [0.5, 0.6) is 5.75 Å². The molecule has 0 atom stereocenters. The maximum atomic E-state index is 10.8. The number of nitrogens with zero attached hydrogens (tertiary/aromatic N) is 3. The van der Waals surface area contributed by atoms with Gasteiger partial charge in [-0.15, -0.1) is 0 Å². The standard InChI is InChI=1S/C17H18N4O3S/c22-16-7-2-1-6-15(16)19-8-10-20(11-9-19)17(25)18-13-4-3-5-14(12-13)21(23)24/h1-7,12,22H,8-11H2,(H,18,25). The number of nitrogens with one attached hydrogen (secondary N) is 1. The number of hydrogen-bond donors (Lipinski definition) is 2. The van der Waals surface area contributed by atoms with Gasteiger partial charge in [0.05, 0.1) is 10.6 Å². The summed E-state index contributed by atoms with van der Waals surface area (Å²) in [5.41, 5.74) is 1.44. The second-order valence-electron chi connectivity index (χ2n) is 5.70. The summed E-state index contributed by atoms with van der Waals surface area (Å²) in [4.78, 5) is 14.5. The molecule has 2 N–H and O–H groups in total. The molecule has 25 heavy (non-hydrogen) atoms. The van der Waals surface area contributed by atoms with E-state index in [0.29, 0.717) is 23.9 Å². The van der Waals surface area contributed by atoms with Crippen molar-refractivity contribution in [2.45, 2.75) is 0 Å². The van der Waals surface area contributed by atoms with Gasteiger partial charge in [0.15, 0.2) is 5.11 Å². The molecule has 0 unspecified atom stereocenters. The number of aromatic hydroxyl groups is 1. The van der Waals surface area contributed by atoms with E-state index in [2.05, 4.69) is 10.2 Å². The maximum Gasteiger partial charge on any atom is 0.271 e. The SMILES string of the molecule is O=[N+]([O-])c1cccc(NC(=S)N2CCN(c3ccccc3O)CC2)c1. The predicted octanol–water partition coefficient (Wildman–Crippen LogP) is 2.82. The Bertz CT molecular complexity index is 791. The number of phenolic OH excluding ortho intramolecular Hbond substituents is 1. The highest BCUT2D eigenvalue weighted by Gasteiger charge is 2.21. The molecule has 0 aliphatic carbocycles. The van der Waals surface area contributed by atoms with E-state index in [1.165, 1.54) is 12.1 Å². The Morgan fingerprint density at radius 1 is 1.12 bits per heavy atom. The first-order chi connectivity index (χ1) is 12.0. The minimum Gasteiger partial charge on any atom is -0.506 e. The van der Waals surface area contributed by atoms with E-state index in [4.69, 9.17) is 12.2 Å². The van der Waals surface area contributed by atoms with Crippen LogP contribution in [0.3, 0.4) is 0 Å². The number of para-hydroxylation sites is 2. The summed E-state index contributed by atoms with van der Waals surface area (Å²) in [6.07, 6.45) is 0. The van der Waals surface area contributed by atoms with E-state index in [0.717, 1.165) is 18.8 Å². The average molecular weight is 358 g/mol. The van der Waals surface area contributed by atoms with Crippen molar-refractivity contribution in [2.75, 3.05) is 36.4 Å². The number of non-ortho nitro benzene ring substituents is 1. The molecule has 0 saturated carbocycles. The van der Waals surface area contributed by atoms with Crippen LogP contribution in [-0.4, -0.2) is 46.2 Å². The Labute approximate surface area is 150 Å². The zero-order valence-electron chi connectivity index (χ0n) is 13.5. The molecule has 3 rings (SSSR count). The van der Waals surface area contributed by atoms with Gasteiger partial charge in [0, 0.05) is 44.0 Å². The van der Waals surface area contributed by atoms with Crippen LogP contribution in [0.15, 0.2) is 48.5 Å². The maximum absolute atomic E-state index is 10.8. The predicted molar refractivity (Wildman–Crippen MR) is 101 cm³/mol. The van der Waals surface area contributed by atoms with Crippen LogP contribution in [0.1, 0.15) is 0 Å². The quantitative estimate of drug-likeness (QED) is 0.496. The molecule has 0 amide bonds. The van der Waals surface area contributed by atoms with Gasteiger partial charge in [-0.05, 0) is 30.4 Å². The van der Waals surface area contributed by atoms with E-state index in [1.807, 2.05) is 17.0 Å². The van der Waals surface area contributed by atoms with E-state index < -0.39 is 4.92 Å². The highest BCUT2D eigenvalue weighted by molar-refractivity contribution is 7.80. The first-order valence-corrected chi connectivity index (χ1v) is 8.29. The van der Waals surface area contributed by atoms with Crippen molar-refractivity contribution < 1.29 is 10.0 Å². The van der Waals surface area contributed by atoms with Crippen LogP contribution in [0.4, 0.5) is 17.1 Å². The van der Waals surface area contributed by atoms with Crippen LogP contribution in [-0.2, 0) is 0 Å². The second-order valence-corrected chi connectivity index (χ2v) is 6.09. The average Bonchev–Trinajstić information content (AvgIpc) is 2.62. The summed E-state index contributed by atoms with van der Waals surface area (Å²) < 4.78 is 0. The molecule has 0 aromatic heterocycles. The summed E-state index contributed by atoms with van der Waals surface area (Å²) in [5, 5.41) is 24.4. The van der Waals surface area contributed by atoms with E-state index in [9.17, 15) is 15.2 Å². The van der Waals surface area contributed by atoms with Crippen LogP contribution in [0.2, 0.25) is 0 Å². The van der Waals surface area contributed by atoms with Crippen LogP contribution < -0.4 is 10.2 Å². The van der Waals surface area contributed by atoms with Gasteiger partial charge in [0.2, 0.25) is 0 Å². The van der Waals surface area contributed by atoms with E-state index in [1.54, 1.807) is 24.3 Å². The summed E-state index contributed by atoms with van der Waals surface area (Å²) in [7, 11) is 0. The lowest BCUT2D eigenvalue weighted by Gasteiger charge is -2.37. The normalized spacial score (nSPS) is 14.2. The Hall–Kier alpha value is -2.87. The number of rotatable bonds is 3. The number of thiocarbonyl (C=S) groups is 1. The van der Waals surface area contributed by atoms with Crippen LogP contribution in [0.25, 0.3) is 0 Å². The molecule has 7 nitrogen and oxygen atoms in total. The fourth-order valence-corrected chi connectivity index (χ4v) is 3.08. The van der Waals surface area contributed by atoms with Crippen molar-refractivity contribution in [1.29, 1.82) is 0 Å². The lowest BCUT2D eigenvalue weighted by Crippen LogP contribution is -2.50. The van der Waals surface area contributed by atoms with Gasteiger partial charge < -0.3 is 20.2 Å². The highest BCUT2D eigenvalue weighted by Crippen LogP contribution is 2.27. The van der Waals surface area contributed by atoms with Crippen molar-refractivity contribution in [3.05, 3.63) is 58.6 Å².